The predicted octanol–water partition coefficient (Wildman–Crippen LogP) is 1.83. The first-order chi connectivity index (χ1) is 11.8. The van der Waals surface area contributed by atoms with Gasteiger partial charge in [0.1, 0.15) is 0 Å². The third-order valence-electron chi connectivity index (χ3n) is 4.15. The first kappa shape index (κ1) is 20.2. The summed E-state index contributed by atoms with van der Waals surface area (Å²) in [6.45, 7) is 1.71. The van der Waals surface area contributed by atoms with Crippen molar-refractivity contribution >= 4 is 27.5 Å². The molecule has 140 valence electrons. The quantitative estimate of drug-likeness (QED) is 0.700. The van der Waals surface area contributed by atoms with Crippen LogP contribution < -0.4 is 5.32 Å². The molecule has 8 heteroatoms. The van der Waals surface area contributed by atoms with Gasteiger partial charge < -0.3 is 10.1 Å². The van der Waals surface area contributed by atoms with Crippen LogP contribution in [0.2, 0.25) is 5.02 Å². The summed E-state index contributed by atoms with van der Waals surface area (Å²) in [7, 11) is -3.38. The Morgan fingerprint density at radius 1 is 1.40 bits per heavy atom. The van der Waals surface area contributed by atoms with E-state index in [0.29, 0.717) is 24.5 Å². The molecule has 1 aromatic rings. The summed E-state index contributed by atoms with van der Waals surface area (Å²) in [6, 6.07) is 7.33. The number of amides is 1. The fourth-order valence-electron chi connectivity index (χ4n) is 2.74. The first-order valence-electron chi connectivity index (χ1n) is 8.42. The molecule has 0 aromatic heterocycles. The maximum atomic E-state index is 11.9. The van der Waals surface area contributed by atoms with E-state index in [-0.39, 0.29) is 25.0 Å². The highest BCUT2D eigenvalue weighted by Gasteiger charge is 2.19. The van der Waals surface area contributed by atoms with Crippen molar-refractivity contribution in [3.63, 3.8) is 0 Å². The first-order valence-corrected chi connectivity index (χ1v) is 10.6. The van der Waals surface area contributed by atoms with E-state index < -0.39 is 10.0 Å². The van der Waals surface area contributed by atoms with Crippen molar-refractivity contribution in [2.75, 3.05) is 32.5 Å². The van der Waals surface area contributed by atoms with Gasteiger partial charge in [-0.15, -0.1) is 0 Å². The second-order valence-electron chi connectivity index (χ2n) is 6.23. The van der Waals surface area contributed by atoms with Crippen molar-refractivity contribution in [3.05, 3.63) is 34.9 Å². The van der Waals surface area contributed by atoms with E-state index >= 15 is 0 Å². The zero-order valence-electron chi connectivity index (χ0n) is 14.4. The molecule has 1 amide bonds. The number of carbonyl (C=O) groups is 1. The van der Waals surface area contributed by atoms with Gasteiger partial charge in [-0.1, -0.05) is 23.7 Å². The van der Waals surface area contributed by atoms with E-state index in [1.165, 1.54) is 4.31 Å². The maximum Gasteiger partial charge on any atom is 0.221 e. The summed E-state index contributed by atoms with van der Waals surface area (Å²) in [4.78, 5) is 11.9. The molecule has 1 fully saturated rings. The van der Waals surface area contributed by atoms with E-state index in [0.717, 1.165) is 31.3 Å². The fourth-order valence-corrected chi connectivity index (χ4v) is 3.80. The van der Waals surface area contributed by atoms with Crippen LogP contribution in [0.1, 0.15) is 24.8 Å². The zero-order chi connectivity index (χ0) is 18.3. The number of halogens is 1. The standard InChI is InChI=1S/C17H25ClN2O4S/c1-25(22,23)20(9-7-14-4-2-5-15(18)12-14)10-8-17(21)19-13-16-6-3-11-24-16/h2,4-5,12,16H,3,6-11,13H2,1H3,(H,19,21). The highest BCUT2D eigenvalue weighted by atomic mass is 35.5. The van der Waals surface area contributed by atoms with Crippen LogP contribution in [0.4, 0.5) is 0 Å². The molecule has 0 aliphatic carbocycles. The van der Waals surface area contributed by atoms with Gasteiger partial charge in [-0.3, -0.25) is 4.79 Å². The Bertz CT molecular complexity index is 675. The highest BCUT2D eigenvalue weighted by Crippen LogP contribution is 2.13. The molecule has 1 N–H and O–H groups in total. The Morgan fingerprint density at radius 2 is 2.20 bits per heavy atom. The van der Waals surface area contributed by atoms with E-state index in [4.69, 9.17) is 16.3 Å². The summed E-state index contributed by atoms with van der Waals surface area (Å²) in [5, 5.41) is 3.43. The lowest BCUT2D eigenvalue weighted by molar-refractivity contribution is -0.121. The molecule has 6 nitrogen and oxygen atoms in total. The highest BCUT2D eigenvalue weighted by molar-refractivity contribution is 7.88. The number of ether oxygens (including phenoxy) is 1. The maximum absolute atomic E-state index is 11.9. The molecule has 25 heavy (non-hydrogen) atoms. The summed E-state index contributed by atoms with van der Waals surface area (Å²) in [5.41, 5.74) is 0.962. The van der Waals surface area contributed by atoms with Crippen molar-refractivity contribution in [2.45, 2.75) is 31.8 Å². The van der Waals surface area contributed by atoms with Crippen LogP contribution >= 0.6 is 11.6 Å². The van der Waals surface area contributed by atoms with Crippen molar-refractivity contribution in [1.29, 1.82) is 0 Å². The lowest BCUT2D eigenvalue weighted by atomic mass is 10.1. The molecule has 0 radical (unpaired) electrons. The van der Waals surface area contributed by atoms with Gasteiger partial charge in [0.25, 0.3) is 0 Å². The van der Waals surface area contributed by atoms with E-state index in [1.54, 1.807) is 6.07 Å². The van der Waals surface area contributed by atoms with Crippen molar-refractivity contribution < 1.29 is 17.9 Å². The SMILES string of the molecule is CS(=O)(=O)N(CCC(=O)NCC1CCCO1)CCc1cccc(Cl)c1. The normalized spacial score (nSPS) is 17.8. The summed E-state index contributed by atoms with van der Waals surface area (Å²) >= 11 is 5.95. The van der Waals surface area contributed by atoms with Crippen LogP contribution in [0.5, 0.6) is 0 Å². The molecule has 0 spiro atoms. The number of hydrogen-bond acceptors (Lipinski definition) is 4. The molecule has 1 unspecified atom stereocenters. The van der Waals surface area contributed by atoms with Crippen LogP contribution in [0.25, 0.3) is 0 Å². The third kappa shape index (κ3) is 7.32. The molecule has 1 saturated heterocycles. The van der Waals surface area contributed by atoms with Crippen molar-refractivity contribution in [3.8, 4) is 0 Å². The molecule has 0 saturated carbocycles. The minimum atomic E-state index is -3.38. The minimum Gasteiger partial charge on any atom is -0.376 e. The third-order valence-corrected chi connectivity index (χ3v) is 5.69. The molecule has 1 aliphatic heterocycles. The van der Waals surface area contributed by atoms with Gasteiger partial charge in [-0.25, -0.2) is 12.7 Å². The van der Waals surface area contributed by atoms with Crippen LogP contribution in [0.3, 0.4) is 0 Å². The molecule has 1 aromatic carbocycles. The summed E-state index contributed by atoms with van der Waals surface area (Å²) in [5.74, 6) is -0.160. The van der Waals surface area contributed by atoms with Gasteiger partial charge in [0.15, 0.2) is 0 Å². The minimum absolute atomic E-state index is 0.0813. The molecular formula is C17H25ClN2O4S. The Kier molecular flexibility index (Phi) is 7.68. The average Bonchev–Trinajstić information content (AvgIpc) is 3.05. The Balaban J connectivity index is 1.80. The van der Waals surface area contributed by atoms with E-state index in [1.807, 2.05) is 18.2 Å². The van der Waals surface area contributed by atoms with Crippen molar-refractivity contribution in [2.24, 2.45) is 0 Å². The van der Waals surface area contributed by atoms with Gasteiger partial charge in [-0.05, 0) is 37.0 Å². The number of rotatable bonds is 9. The number of nitrogens with one attached hydrogen (secondary N) is 1. The average molecular weight is 389 g/mol. The van der Waals surface area contributed by atoms with Crippen molar-refractivity contribution in [1.82, 2.24) is 9.62 Å². The van der Waals surface area contributed by atoms with Gasteiger partial charge in [0, 0.05) is 37.7 Å². The Labute approximate surface area is 154 Å². The van der Waals surface area contributed by atoms with E-state index in [9.17, 15) is 13.2 Å². The lowest BCUT2D eigenvalue weighted by Crippen LogP contribution is -2.37. The number of hydrogen-bond donors (Lipinski definition) is 1. The lowest BCUT2D eigenvalue weighted by Gasteiger charge is -2.20. The fraction of sp³-hybridized carbons (Fsp3) is 0.588. The van der Waals surface area contributed by atoms with Crippen LogP contribution in [0.15, 0.2) is 24.3 Å². The van der Waals surface area contributed by atoms with E-state index in [2.05, 4.69) is 5.32 Å². The van der Waals surface area contributed by atoms with Gasteiger partial charge in [0.05, 0.1) is 12.4 Å². The number of sulfonamides is 1. The molecule has 1 heterocycles. The van der Waals surface area contributed by atoms with Crippen LogP contribution in [-0.2, 0) is 26.0 Å². The molecule has 2 rings (SSSR count). The Hall–Kier alpha value is -1.15. The topological polar surface area (TPSA) is 75.7 Å². The molecule has 1 aliphatic rings. The monoisotopic (exact) mass is 388 g/mol. The molecule has 0 bridgehead atoms. The number of nitrogens with zero attached hydrogens (tertiary/aromatic N) is 1. The number of carbonyl (C=O) groups excluding carboxylic acids is 1. The van der Waals surface area contributed by atoms with Gasteiger partial charge >= 0.3 is 0 Å². The van der Waals surface area contributed by atoms with Crippen LogP contribution in [0, 0.1) is 0 Å². The summed E-state index contributed by atoms with van der Waals surface area (Å²) < 4.78 is 30.7. The second-order valence-corrected chi connectivity index (χ2v) is 8.65. The molecule has 1 atom stereocenters. The number of benzene rings is 1. The Morgan fingerprint density at radius 3 is 2.84 bits per heavy atom. The zero-order valence-corrected chi connectivity index (χ0v) is 16.0. The van der Waals surface area contributed by atoms with Gasteiger partial charge in [-0.2, -0.15) is 0 Å². The smallest absolute Gasteiger partial charge is 0.221 e. The predicted molar refractivity (Wildman–Crippen MR) is 98.2 cm³/mol. The second kappa shape index (κ2) is 9.52. The van der Waals surface area contributed by atoms with Gasteiger partial charge in [0.2, 0.25) is 15.9 Å². The largest absolute Gasteiger partial charge is 0.376 e. The summed E-state index contributed by atoms with van der Waals surface area (Å²) in [6.07, 6.45) is 3.90. The molecular weight excluding hydrogens is 364 g/mol. The van der Waals surface area contributed by atoms with Crippen LogP contribution in [-0.4, -0.2) is 57.2 Å².